The van der Waals surface area contributed by atoms with E-state index in [4.69, 9.17) is 0 Å². The minimum atomic E-state index is -0.364. The number of fused-ring (bicyclic) bond motifs is 1. The molecule has 2 aliphatic heterocycles. The number of carbonyl (C=O) groups is 2. The maximum absolute atomic E-state index is 12.5. The van der Waals surface area contributed by atoms with Crippen LogP contribution in [-0.2, 0) is 16.1 Å². The SMILES string of the molecule is CC(C)[C@H]1NC(=O)[C@H]2CN(Cc3ccsc3)CCN2C1=O. The molecule has 21 heavy (non-hydrogen) atoms. The predicted molar refractivity (Wildman–Crippen MR) is 81.9 cm³/mol. The van der Waals surface area contributed by atoms with E-state index in [0.717, 1.165) is 13.1 Å². The van der Waals surface area contributed by atoms with Gasteiger partial charge in [0.25, 0.3) is 0 Å². The number of carbonyl (C=O) groups excluding carboxylic acids is 2. The van der Waals surface area contributed by atoms with Crippen molar-refractivity contribution >= 4 is 23.2 Å². The van der Waals surface area contributed by atoms with Crippen molar-refractivity contribution in [2.24, 2.45) is 5.92 Å². The van der Waals surface area contributed by atoms with Gasteiger partial charge in [0.1, 0.15) is 12.1 Å². The zero-order valence-corrected chi connectivity index (χ0v) is 13.2. The minimum Gasteiger partial charge on any atom is -0.342 e. The second-order valence-electron chi connectivity index (χ2n) is 6.14. The summed E-state index contributed by atoms with van der Waals surface area (Å²) < 4.78 is 0. The molecule has 0 bridgehead atoms. The highest BCUT2D eigenvalue weighted by molar-refractivity contribution is 7.07. The third kappa shape index (κ3) is 2.82. The fourth-order valence-corrected chi connectivity index (χ4v) is 3.71. The van der Waals surface area contributed by atoms with Crippen LogP contribution in [0.2, 0.25) is 0 Å². The lowest BCUT2D eigenvalue weighted by Crippen LogP contribution is -2.70. The van der Waals surface area contributed by atoms with E-state index in [0.29, 0.717) is 13.1 Å². The van der Waals surface area contributed by atoms with Crippen LogP contribution in [0.4, 0.5) is 0 Å². The normalized spacial score (nSPS) is 26.9. The molecule has 1 aromatic heterocycles. The Morgan fingerprint density at radius 1 is 1.38 bits per heavy atom. The largest absolute Gasteiger partial charge is 0.342 e. The van der Waals surface area contributed by atoms with E-state index in [1.807, 2.05) is 13.8 Å². The highest BCUT2D eigenvalue weighted by Crippen LogP contribution is 2.21. The molecule has 0 aromatic carbocycles. The highest BCUT2D eigenvalue weighted by atomic mass is 32.1. The number of hydrogen-bond acceptors (Lipinski definition) is 4. The van der Waals surface area contributed by atoms with Crippen molar-refractivity contribution in [3.63, 3.8) is 0 Å². The van der Waals surface area contributed by atoms with Crippen LogP contribution >= 0.6 is 11.3 Å². The van der Waals surface area contributed by atoms with Gasteiger partial charge in [-0.2, -0.15) is 11.3 Å². The summed E-state index contributed by atoms with van der Waals surface area (Å²) in [4.78, 5) is 28.8. The summed E-state index contributed by atoms with van der Waals surface area (Å²) in [6.45, 7) is 6.88. The Morgan fingerprint density at radius 2 is 2.19 bits per heavy atom. The van der Waals surface area contributed by atoms with Crippen LogP contribution in [0.3, 0.4) is 0 Å². The summed E-state index contributed by atoms with van der Waals surface area (Å²) in [5, 5.41) is 7.09. The molecule has 2 fully saturated rings. The van der Waals surface area contributed by atoms with Crippen molar-refractivity contribution in [1.29, 1.82) is 0 Å². The van der Waals surface area contributed by atoms with E-state index in [1.54, 1.807) is 16.2 Å². The van der Waals surface area contributed by atoms with Crippen molar-refractivity contribution in [1.82, 2.24) is 15.1 Å². The van der Waals surface area contributed by atoms with Gasteiger partial charge in [0.05, 0.1) is 0 Å². The van der Waals surface area contributed by atoms with E-state index >= 15 is 0 Å². The number of nitrogens with zero attached hydrogens (tertiary/aromatic N) is 2. The molecule has 3 rings (SSSR count). The zero-order valence-electron chi connectivity index (χ0n) is 12.4. The number of nitrogens with one attached hydrogen (secondary N) is 1. The molecule has 1 aromatic rings. The molecular formula is C15H21N3O2S. The summed E-state index contributed by atoms with van der Waals surface area (Å²) in [5.41, 5.74) is 1.27. The van der Waals surface area contributed by atoms with E-state index in [9.17, 15) is 9.59 Å². The molecular weight excluding hydrogens is 286 g/mol. The van der Waals surface area contributed by atoms with Gasteiger partial charge in [0.2, 0.25) is 11.8 Å². The lowest BCUT2D eigenvalue weighted by atomic mass is 9.96. The monoisotopic (exact) mass is 307 g/mol. The molecule has 5 nitrogen and oxygen atoms in total. The molecule has 2 aliphatic rings. The topological polar surface area (TPSA) is 52.7 Å². The van der Waals surface area contributed by atoms with Crippen LogP contribution in [0.15, 0.2) is 16.8 Å². The van der Waals surface area contributed by atoms with Crippen LogP contribution in [0.1, 0.15) is 19.4 Å². The van der Waals surface area contributed by atoms with Crippen molar-refractivity contribution in [3.05, 3.63) is 22.4 Å². The Kier molecular flexibility index (Phi) is 3.99. The van der Waals surface area contributed by atoms with Gasteiger partial charge in [0, 0.05) is 26.2 Å². The molecule has 0 radical (unpaired) electrons. The maximum atomic E-state index is 12.5. The van der Waals surface area contributed by atoms with Crippen molar-refractivity contribution in [2.45, 2.75) is 32.5 Å². The summed E-state index contributed by atoms with van der Waals surface area (Å²) in [6, 6.07) is 1.41. The average Bonchev–Trinajstić information content (AvgIpc) is 2.95. The lowest BCUT2D eigenvalue weighted by molar-refractivity contribution is -0.154. The number of thiophene rings is 1. The molecule has 2 saturated heterocycles. The molecule has 6 heteroatoms. The number of amides is 2. The molecule has 2 amide bonds. The molecule has 1 N–H and O–H groups in total. The Balaban J connectivity index is 1.69. The van der Waals surface area contributed by atoms with Crippen molar-refractivity contribution < 1.29 is 9.59 Å². The maximum Gasteiger partial charge on any atom is 0.246 e. The van der Waals surface area contributed by atoms with Gasteiger partial charge in [-0.1, -0.05) is 13.8 Å². The molecule has 0 spiro atoms. The summed E-state index contributed by atoms with van der Waals surface area (Å²) >= 11 is 1.68. The number of hydrogen-bond donors (Lipinski definition) is 1. The standard InChI is InChI=1S/C15H21N3O2S/c1-10(2)13-15(20)18-5-4-17(7-11-3-6-21-9-11)8-12(18)14(19)16-13/h3,6,9-10,12-13H,4-5,7-8H2,1-2H3,(H,16,19)/t12-,13-/m1/s1. The van der Waals surface area contributed by atoms with Gasteiger partial charge < -0.3 is 10.2 Å². The summed E-state index contributed by atoms with van der Waals surface area (Å²) in [7, 11) is 0. The molecule has 0 aliphatic carbocycles. The molecule has 114 valence electrons. The number of rotatable bonds is 3. The van der Waals surface area contributed by atoms with Gasteiger partial charge in [0.15, 0.2) is 0 Å². The fraction of sp³-hybridized carbons (Fsp3) is 0.600. The van der Waals surface area contributed by atoms with Crippen LogP contribution in [0.5, 0.6) is 0 Å². The first-order chi connectivity index (χ1) is 10.1. The Hall–Kier alpha value is -1.40. The lowest BCUT2D eigenvalue weighted by Gasteiger charge is -2.46. The second kappa shape index (κ2) is 5.77. The van der Waals surface area contributed by atoms with Crippen molar-refractivity contribution in [3.8, 4) is 0 Å². The van der Waals surface area contributed by atoms with Crippen LogP contribution in [-0.4, -0.2) is 53.3 Å². The van der Waals surface area contributed by atoms with Gasteiger partial charge in [-0.05, 0) is 28.3 Å². The first-order valence-electron chi connectivity index (χ1n) is 7.40. The van der Waals surface area contributed by atoms with E-state index < -0.39 is 0 Å². The highest BCUT2D eigenvalue weighted by Gasteiger charge is 2.44. The molecule has 0 unspecified atom stereocenters. The molecule has 0 saturated carbocycles. The number of piperazine rings is 2. The van der Waals surface area contributed by atoms with Gasteiger partial charge in [-0.25, -0.2) is 0 Å². The van der Waals surface area contributed by atoms with Crippen LogP contribution in [0.25, 0.3) is 0 Å². The summed E-state index contributed by atoms with van der Waals surface area (Å²) in [6.07, 6.45) is 0. The first-order valence-corrected chi connectivity index (χ1v) is 8.35. The third-order valence-electron chi connectivity index (χ3n) is 4.27. The minimum absolute atomic E-state index is 0.0108. The van der Waals surface area contributed by atoms with Crippen molar-refractivity contribution in [2.75, 3.05) is 19.6 Å². The first kappa shape index (κ1) is 14.5. The Morgan fingerprint density at radius 3 is 2.86 bits per heavy atom. The summed E-state index contributed by atoms with van der Waals surface area (Å²) in [5.74, 6) is 0.194. The fourth-order valence-electron chi connectivity index (χ4n) is 3.05. The Bertz CT molecular complexity index is 529. The van der Waals surface area contributed by atoms with Gasteiger partial charge in [-0.15, -0.1) is 0 Å². The molecule has 3 heterocycles. The average molecular weight is 307 g/mol. The van der Waals surface area contributed by atoms with Crippen LogP contribution in [0, 0.1) is 5.92 Å². The van der Waals surface area contributed by atoms with Gasteiger partial charge in [-0.3, -0.25) is 14.5 Å². The third-order valence-corrected chi connectivity index (χ3v) is 5.00. The quantitative estimate of drug-likeness (QED) is 0.903. The predicted octanol–water partition coefficient (Wildman–Crippen LogP) is 0.915. The smallest absolute Gasteiger partial charge is 0.246 e. The van der Waals surface area contributed by atoms with Gasteiger partial charge >= 0.3 is 0 Å². The van der Waals surface area contributed by atoms with E-state index in [-0.39, 0.29) is 29.8 Å². The second-order valence-corrected chi connectivity index (χ2v) is 6.92. The molecule has 2 atom stereocenters. The van der Waals surface area contributed by atoms with Crippen LogP contribution < -0.4 is 5.32 Å². The van der Waals surface area contributed by atoms with E-state index in [1.165, 1.54) is 5.56 Å². The Labute approximate surface area is 128 Å². The van der Waals surface area contributed by atoms with E-state index in [2.05, 4.69) is 27.0 Å². The zero-order chi connectivity index (χ0) is 15.0.